The number of nitrogens with zero attached hydrogens (tertiary/aromatic N) is 2. The second kappa shape index (κ2) is 6.17. The molecule has 3 nitrogen and oxygen atoms in total. The molecule has 2 aliphatic rings. The van der Waals surface area contributed by atoms with Gasteiger partial charge < -0.3 is 0 Å². The molecule has 0 saturated heterocycles. The van der Waals surface area contributed by atoms with Crippen LogP contribution in [0.25, 0.3) is 0 Å². The van der Waals surface area contributed by atoms with Crippen LogP contribution in [0.3, 0.4) is 0 Å². The monoisotopic (exact) mass is 376 g/mol. The number of amides is 1. The summed E-state index contributed by atoms with van der Waals surface area (Å²) >= 11 is 8.81. The minimum atomic E-state index is -0.139. The number of hydrogen-bond donors (Lipinski definition) is 0. The average molecular weight is 376 g/mol. The van der Waals surface area contributed by atoms with E-state index in [4.69, 9.17) is 11.6 Å². The van der Waals surface area contributed by atoms with Crippen molar-refractivity contribution in [1.29, 1.82) is 0 Å². The number of halogens is 1. The number of aliphatic imine (C=N–C) groups is 1. The molecule has 0 spiro atoms. The summed E-state index contributed by atoms with van der Waals surface area (Å²) in [5.74, 6) is -0.139. The molecule has 0 aromatic heterocycles. The van der Waals surface area contributed by atoms with Crippen molar-refractivity contribution in [3.05, 3.63) is 65.8 Å². The van der Waals surface area contributed by atoms with Gasteiger partial charge in [0.15, 0.2) is 0 Å². The van der Waals surface area contributed by atoms with E-state index in [0.29, 0.717) is 10.4 Å². The van der Waals surface area contributed by atoms with Crippen LogP contribution in [0.15, 0.2) is 65.2 Å². The van der Waals surface area contributed by atoms with Crippen molar-refractivity contribution in [2.75, 3.05) is 4.90 Å². The normalized spacial score (nSPS) is 20.6. The summed E-state index contributed by atoms with van der Waals surface area (Å²) in [4.78, 5) is 18.5. The van der Waals surface area contributed by atoms with E-state index in [1.807, 2.05) is 55.5 Å². The molecule has 3 rings (SSSR count). The molecule has 0 unspecified atom stereocenters. The first-order chi connectivity index (χ1) is 10.5. The second-order valence-corrected chi connectivity index (χ2v) is 6.33. The molecule has 1 aliphatic carbocycles. The van der Waals surface area contributed by atoms with Crippen LogP contribution in [0, 0.1) is 6.92 Å². The number of carbonyl (C=O) groups is 1. The van der Waals surface area contributed by atoms with Gasteiger partial charge in [0, 0.05) is 0 Å². The van der Waals surface area contributed by atoms with Crippen LogP contribution in [0.2, 0.25) is 0 Å². The van der Waals surface area contributed by atoms with Gasteiger partial charge in [-0.1, -0.05) is 0 Å². The first kappa shape index (κ1) is 15.2. The maximum atomic E-state index is 12.6. The number of benzene rings is 1. The molecule has 1 aliphatic heterocycles. The van der Waals surface area contributed by atoms with E-state index in [0.717, 1.165) is 16.8 Å². The van der Waals surface area contributed by atoms with Crippen molar-refractivity contribution >= 4 is 49.1 Å². The van der Waals surface area contributed by atoms with Crippen LogP contribution in [-0.4, -0.2) is 37.2 Å². The molecule has 110 valence electrons. The van der Waals surface area contributed by atoms with E-state index >= 15 is 0 Å². The minimum absolute atomic E-state index is 0.0935. The zero-order valence-electron chi connectivity index (χ0n) is 11.9. The van der Waals surface area contributed by atoms with Gasteiger partial charge in [0.2, 0.25) is 0 Å². The molecule has 0 radical (unpaired) electrons. The summed E-state index contributed by atoms with van der Waals surface area (Å²) in [6, 6.07) is 7.77. The van der Waals surface area contributed by atoms with E-state index in [9.17, 15) is 4.79 Å². The Labute approximate surface area is 142 Å². The summed E-state index contributed by atoms with van der Waals surface area (Å²) < 4.78 is 0.555. The van der Waals surface area contributed by atoms with Gasteiger partial charge in [-0.15, -0.1) is 0 Å². The van der Waals surface area contributed by atoms with E-state index in [1.165, 1.54) is 0 Å². The fourth-order valence-corrected chi connectivity index (χ4v) is 2.94. The first-order valence-corrected chi connectivity index (χ1v) is 8.10. The SMILES string of the molecule is Cc1ccc(N2C(=O)C(C=C3C=CC(Cl)C=C3)=NC2=[Se])cc1. The Hall–Kier alpha value is -1.74. The topological polar surface area (TPSA) is 32.7 Å². The Bertz CT molecular complexity index is 743. The fraction of sp³-hybridized carbons (Fsp3) is 0.118. The number of carbonyl (C=O) groups excluding carboxylic acids is 1. The molecule has 1 amide bonds. The molecule has 1 heterocycles. The van der Waals surface area contributed by atoms with Crippen LogP contribution in [0.1, 0.15) is 5.56 Å². The Morgan fingerprint density at radius 3 is 2.50 bits per heavy atom. The van der Waals surface area contributed by atoms with Crippen LogP contribution in [0.5, 0.6) is 0 Å². The molecule has 0 fully saturated rings. The zero-order chi connectivity index (χ0) is 15.7. The van der Waals surface area contributed by atoms with E-state index < -0.39 is 0 Å². The Kier molecular flexibility index (Phi) is 4.25. The van der Waals surface area contributed by atoms with Gasteiger partial charge in [0.1, 0.15) is 0 Å². The first-order valence-electron chi connectivity index (χ1n) is 6.80. The van der Waals surface area contributed by atoms with Gasteiger partial charge >= 0.3 is 142 Å². The van der Waals surface area contributed by atoms with Crippen molar-refractivity contribution in [2.24, 2.45) is 4.99 Å². The van der Waals surface area contributed by atoms with Crippen LogP contribution in [-0.2, 0) is 4.79 Å². The molecular weight excluding hydrogens is 363 g/mol. The third-order valence-corrected chi connectivity index (χ3v) is 4.24. The van der Waals surface area contributed by atoms with Crippen molar-refractivity contribution in [1.82, 2.24) is 0 Å². The predicted octanol–water partition coefficient (Wildman–Crippen LogP) is 2.70. The standard InChI is InChI=1S/C17H13ClN2OSe/c1-11-2-8-14(9-3-11)20-16(21)15(19-17(20)22)10-12-4-6-13(18)7-5-12/h2-10,13H,1H3. The summed E-state index contributed by atoms with van der Waals surface area (Å²) in [6.45, 7) is 2.01. The maximum absolute atomic E-state index is 12.6. The summed E-state index contributed by atoms with van der Waals surface area (Å²) in [5.41, 5.74) is 3.26. The number of allylic oxidation sites excluding steroid dienone is 5. The van der Waals surface area contributed by atoms with E-state index in [2.05, 4.69) is 20.6 Å². The second-order valence-electron chi connectivity index (χ2n) is 5.06. The van der Waals surface area contributed by atoms with Crippen LogP contribution >= 0.6 is 11.6 Å². The van der Waals surface area contributed by atoms with E-state index in [-0.39, 0.29) is 11.3 Å². The van der Waals surface area contributed by atoms with E-state index in [1.54, 1.807) is 11.0 Å². The third kappa shape index (κ3) is 3.05. The van der Waals surface area contributed by atoms with Crippen molar-refractivity contribution in [3.8, 4) is 0 Å². The number of rotatable bonds is 2. The summed E-state index contributed by atoms with van der Waals surface area (Å²) in [5, 5.41) is -0.0935. The van der Waals surface area contributed by atoms with Gasteiger partial charge in [-0.25, -0.2) is 0 Å². The third-order valence-electron chi connectivity index (χ3n) is 3.37. The predicted molar refractivity (Wildman–Crippen MR) is 92.9 cm³/mol. The molecule has 0 bridgehead atoms. The summed E-state index contributed by atoms with van der Waals surface area (Å²) in [6.07, 6.45) is 9.29. The van der Waals surface area contributed by atoms with Crippen molar-refractivity contribution < 1.29 is 4.79 Å². The molecule has 22 heavy (non-hydrogen) atoms. The molecule has 0 saturated carbocycles. The van der Waals surface area contributed by atoms with Crippen molar-refractivity contribution in [2.45, 2.75) is 12.3 Å². The molecule has 1 aromatic rings. The van der Waals surface area contributed by atoms with Gasteiger partial charge in [0.05, 0.1) is 0 Å². The molecular formula is C17H13ClN2OSe. The Morgan fingerprint density at radius 2 is 1.86 bits per heavy atom. The van der Waals surface area contributed by atoms with Gasteiger partial charge in [-0.2, -0.15) is 0 Å². The van der Waals surface area contributed by atoms with Gasteiger partial charge in [0.25, 0.3) is 0 Å². The van der Waals surface area contributed by atoms with Crippen LogP contribution < -0.4 is 4.90 Å². The zero-order valence-corrected chi connectivity index (χ0v) is 14.3. The molecule has 5 heteroatoms. The molecule has 1 aromatic carbocycles. The fourth-order valence-electron chi connectivity index (χ4n) is 2.20. The van der Waals surface area contributed by atoms with Gasteiger partial charge in [-0.3, -0.25) is 0 Å². The number of anilines is 1. The number of hydrogen-bond acceptors (Lipinski definition) is 2. The Morgan fingerprint density at radius 1 is 1.23 bits per heavy atom. The van der Waals surface area contributed by atoms with Gasteiger partial charge in [-0.05, 0) is 0 Å². The molecule has 0 N–H and O–H groups in total. The summed E-state index contributed by atoms with van der Waals surface area (Å²) in [7, 11) is 0. The average Bonchev–Trinajstić information content (AvgIpc) is 2.77. The molecule has 0 atom stereocenters. The van der Waals surface area contributed by atoms with Crippen molar-refractivity contribution in [3.63, 3.8) is 0 Å². The number of aryl methyl sites for hydroxylation is 1. The van der Waals surface area contributed by atoms with Crippen LogP contribution in [0.4, 0.5) is 5.69 Å². The Balaban J connectivity index is 1.86. The number of alkyl halides is 1. The quantitative estimate of drug-likeness (QED) is 0.578.